The first-order valence-electron chi connectivity index (χ1n) is 11.9. The summed E-state index contributed by atoms with van der Waals surface area (Å²) in [5, 5.41) is 2.86. The van der Waals surface area contributed by atoms with Gasteiger partial charge in [-0.15, -0.1) is 0 Å². The number of ether oxygens (including phenoxy) is 1. The quantitative estimate of drug-likeness (QED) is 0.389. The van der Waals surface area contributed by atoms with Gasteiger partial charge in [0.2, 0.25) is 0 Å². The monoisotopic (exact) mass is 493 g/mol. The molecular weight excluding hydrogens is 462 g/mol. The lowest BCUT2D eigenvalue weighted by molar-refractivity contribution is 0.0951. The number of carbonyl (C=O) groups is 1. The number of rotatable bonds is 11. The SMILES string of the molecule is O=C(NCCCOc1cccc(CN2CCCC2)c1)c1cccc(NS(=O)(=O)c2ccccc2)c1. The van der Waals surface area contributed by atoms with Crippen LogP contribution in [0.3, 0.4) is 0 Å². The highest BCUT2D eigenvalue weighted by molar-refractivity contribution is 7.92. The van der Waals surface area contributed by atoms with Gasteiger partial charge < -0.3 is 10.1 Å². The predicted molar refractivity (Wildman–Crippen MR) is 137 cm³/mol. The molecule has 1 fully saturated rings. The van der Waals surface area contributed by atoms with Crippen molar-refractivity contribution in [1.82, 2.24) is 10.2 Å². The lowest BCUT2D eigenvalue weighted by Gasteiger charge is -2.15. The number of nitrogens with zero attached hydrogens (tertiary/aromatic N) is 1. The van der Waals surface area contributed by atoms with Crippen molar-refractivity contribution in [2.75, 3.05) is 31.0 Å². The molecule has 3 aromatic rings. The summed E-state index contributed by atoms with van der Waals surface area (Å²) in [6.45, 7) is 4.21. The van der Waals surface area contributed by atoms with Crippen molar-refractivity contribution in [3.63, 3.8) is 0 Å². The smallest absolute Gasteiger partial charge is 0.261 e. The predicted octanol–water partition coefficient (Wildman–Crippen LogP) is 4.28. The number of likely N-dealkylation sites (tertiary alicyclic amines) is 1. The molecule has 0 saturated carbocycles. The van der Waals surface area contributed by atoms with E-state index in [0.29, 0.717) is 30.8 Å². The van der Waals surface area contributed by atoms with E-state index < -0.39 is 10.0 Å². The number of benzene rings is 3. The fourth-order valence-electron chi connectivity index (χ4n) is 4.04. The van der Waals surface area contributed by atoms with Crippen LogP contribution in [-0.2, 0) is 16.6 Å². The molecule has 4 rings (SSSR count). The number of carbonyl (C=O) groups excluding carboxylic acids is 1. The van der Waals surface area contributed by atoms with Gasteiger partial charge in [0.1, 0.15) is 5.75 Å². The molecular formula is C27H31N3O4S. The van der Waals surface area contributed by atoms with Gasteiger partial charge in [-0.25, -0.2) is 8.42 Å². The van der Waals surface area contributed by atoms with Gasteiger partial charge in [0.15, 0.2) is 0 Å². The Morgan fingerprint density at radius 2 is 1.69 bits per heavy atom. The van der Waals surface area contributed by atoms with Gasteiger partial charge in [-0.2, -0.15) is 0 Å². The summed E-state index contributed by atoms with van der Waals surface area (Å²) < 4.78 is 33.4. The number of sulfonamides is 1. The molecule has 7 nitrogen and oxygen atoms in total. The number of hydrogen-bond acceptors (Lipinski definition) is 5. The Morgan fingerprint density at radius 3 is 2.49 bits per heavy atom. The van der Waals surface area contributed by atoms with Gasteiger partial charge in [-0.1, -0.05) is 36.4 Å². The average molecular weight is 494 g/mol. The van der Waals surface area contributed by atoms with Crippen molar-refractivity contribution in [1.29, 1.82) is 0 Å². The summed E-state index contributed by atoms with van der Waals surface area (Å²) in [4.78, 5) is 15.2. The second-order valence-electron chi connectivity index (χ2n) is 8.59. The van der Waals surface area contributed by atoms with Crippen molar-refractivity contribution >= 4 is 21.6 Å². The highest BCUT2D eigenvalue weighted by Gasteiger charge is 2.15. The Balaban J connectivity index is 1.22. The fraction of sp³-hybridized carbons (Fsp3) is 0.296. The number of anilines is 1. The second kappa shape index (κ2) is 11.9. The topological polar surface area (TPSA) is 87.7 Å². The van der Waals surface area contributed by atoms with Gasteiger partial charge in [0.25, 0.3) is 15.9 Å². The van der Waals surface area contributed by atoms with E-state index >= 15 is 0 Å². The van der Waals surface area contributed by atoms with Gasteiger partial charge in [-0.3, -0.25) is 14.4 Å². The molecule has 1 heterocycles. The van der Waals surface area contributed by atoms with E-state index in [2.05, 4.69) is 27.1 Å². The van der Waals surface area contributed by atoms with Crippen LogP contribution in [0.1, 0.15) is 35.2 Å². The minimum atomic E-state index is -3.72. The molecule has 1 saturated heterocycles. The highest BCUT2D eigenvalue weighted by Crippen LogP contribution is 2.19. The molecule has 0 aromatic heterocycles. The molecule has 0 aliphatic carbocycles. The molecule has 1 amide bonds. The lowest BCUT2D eigenvalue weighted by Crippen LogP contribution is -2.25. The normalized spacial score (nSPS) is 13.9. The Labute approximate surface area is 207 Å². The average Bonchev–Trinajstić information content (AvgIpc) is 3.37. The van der Waals surface area contributed by atoms with Gasteiger partial charge >= 0.3 is 0 Å². The molecule has 0 unspecified atom stereocenters. The van der Waals surface area contributed by atoms with Crippen LogP contribution in [0.15, 0.2) is 83.8 Å². The third kappa shape index (κ3) is 7.31. The van der Waals surface area contributed by atoms with Crippen LogP contribution >= 0.6 is 0 Å². The maximum absolute atomic E-state index is 12.5. The van der Waals surface area contributed by atoms with Gasteiger partial charge in [0, 0.05) is 24.3 Å². The van der Waals surface area contributed by atoms with E-state index in [0.717, 1.165) is 25.4 Å². The van der Waals surface area contributed by atoms with Crippen LogP contribution in [0.25, 0.3) is 0 Å². The van der Waals surface area contributed by atoms with E-state index in [-0.39, 0.29) is 10.8 Å². The Kier molecular flexibility index (Phi) is 8.39. The number of hydrogen-bond donors (Lipinski definition) is 2. The first-order valence-corrected chi connectivity index (χ1v) is 13.4. The number of amides is 1. The van der Waals surface area contributed by atoms with Crippen LogP contribution in [0.2, 0.25) is 0 Å². The third-order valence-electron chi connectivity index (χ3n) is 5.81. The number of nitrogens with one attached hydrogen (secondary N) is 2. The molecule has 184 valence electrons. The summed E-state index contributed by atoms with van der Waals surface area (Å²) in [7, 11) is -3.72. The maximum Gasteiger partial charge on any atom is 0.261 e. The van der Waals surface area contributed by atoms with Crippen LogP contribution in [0, 0.1) is 0 Å². The standard InChI is InChI=1S/C27H31N3O4S/c31-27(23-10-7-11-24(20-23)29-35(32,33)26-13-2-1-3-14-26)28-15-8-18-34-25-12-6-9-22(19-25)21-30-16-4-5-17-30/h1-3,6-7,9-14,19-20,29H,4-5,8,15-18,21H2,(H,28,31). The molecule has 2 N–H and O–H groups in total. The van der Waals surface area contributed by atoms with Gasteiger partial charge in [-0.05, 0) is 80.4 Å². The molecule has 3 aromatic carbocycles. The summed E-state index contributed by atoms with van der Waals surface area (Å²) >= 11 is 0. The minimum Gasteiger partial charge on any atom is -0.494 e. The summed E-state index contributed by atoms with van der Waals surface area (Å²) in [5.74, 6) is 0.574. The van der Waals surface area contributed by atoms with Crippen LogP contribution in [-0.4, -0.2) is 45.5 Å². The molecule has 8 heteroatoms. The van der Waals surface area contributed by atoms with Crippen LogP contribution in [0.5, 0.6) is 5.75 Å². The fourth-order valence-corrected chi connectivity index (χ4v) is 5.11. The van der Waals surface area contributed by atoms with E-state index in [4.69, 9.17) is 4.74 Å². The lowest BCUT2D eigenvalue weighted by atomic mass is 10.2. The molecule has 0 spiro atoms. The second-order valence-corrected chi connectivity index (χ2v) is 10.3. The van der Waals surface area contributed by atoms with Crippen molar-refractivity contribution in [3.05, 3.63) is 90.0 Å². The molecule has 1 aliphatic rings. The first-order chi connectivity index (χ1) is 17.0. The highest BCUT2D eigenvalue weighted by atomic mass is 32.2. The zero-order valence-corrected chi connectivity index (χ0v) is 20.5. The Hall–Kier alpha value is -3.36. The molecule has 35 heavy (non-hydrogen) atoms. The van der Waals surface area contributed by atoms with Crippen LogP contribution < -0.4 is 14.8 Å². The van der Waals surface area contributed by atoms with Crippen molar-refractivity contribution in [2.24, 2.45) is 0 Å². The third-order valence-corrected chi connectivity index (χ3v) is 7.21. The Bertz CT molecular complexity index is 1230. The summed E-state index contributed by atoms with van der Waals surface area (Å²) in [5.41, 5.74) is 1.97. The summed E-state index contributed by atoms with van der Waals surface area (Å²) in [6.07, 6.45) is 3.20. The molecule has 0 radical (unpaired) electrons. The zero-order chi connectivity index (χ0) is 24.5. The van der Waals surface area contributed by atoms with Gasteiger partial charge in [0.05, 0.1) is 11.5 Å². The molecule has 0 bridgehead atoms. The molecule has 1 aliphatic heterocycles. The van der Waals surface area contributed by atoms with E-state index in [1.165, 1.54) is 36.6 Å². The van der Waals surface area contributed by atoms with Crippen LogP contribution in [0.4, 0.5) is 5.69 Å². The summed E-state index contributed by atoms with van der Waals surface area (Å²) in [6, 6.07) is 22.7. The van der Waals surface area contributed by atoms with E-state index in [1.54, 1.807) is 36.4 Å². The molecule has 0 atom stereocenters. The Morgan fingerprint density at radius 1 is 0.914 bits per heavy atom. The first kappa shape index (κ1) is 24.8. The van der Waals surface area contributed by atoms with Crippen molar-refractivity contribution in [2.45, 2.75) is 30.7 Å². The van der Waals surface area contributed by atoms with Crippen molar-refractivity contribution in [3.8, 4) is 5.75 Å². The minimum absolute atomic E-state index is 0.163. The van der Waals surface area contributed by atoms with E-state index in [9.17, 15) is 13.2 Å². The largest absolute Gasteiger partial charge is 0.494 e. The maximum atomic E-state index is 12.5. The van der Waals surface area contributed by atoms with E-state index in [1.807, 2.05) is 12.1 Å². The van der Waals surface area contributed by atoms with Crippen molar-refractivity contribution < 1.29 is 17.9 Å². The zero-order valence-electron chi connectivity index (χ0n) is 19.7.